The quantitative estimate of drug-likeness (QED) is 0.501. The lowest BCUT2D eigenvalue weighted by Gasteiger charge is -2.20. The number of halogens is 1. The van der Waals surface area contributed by atoms with Gasteiger partial charge in [0.05, 0.1) is 16.5 Å². The number of anilines is 2. The second kappa shape index (κ2) is 8.99. The van der Waals surface area contributed by atoms with E-state index in [4.69, 9.17) is 16.7 Å². The molecule has 1 heterocycles. The maximum Gasteiger partial charge on any atom is 0.257 e. The highest BCUT2D eigenvalue weighted by Crippen LogP contribution is 2.37. The third kappa shape index (κ3) is 4.99. The van der Waals surface area contributed by atoms with Gasteiger partial charge in [0.15, 0.2) is 5.13 Å². The van der Waals surface area contributed by atoms with Gasteiger partial charge in [0.1, 0.15) is 0 Å². The Morgan fingerprint density at radius 1 is 1.06 bits per heavy atom. The summed E-state index contributed by atoms with van der Waals surface area (Å²) in [6.07, 6.45) is 2.24. The molecule has 4 N–H and O–H groups in total. The number of carbonyl (C=O) groups excluding carboxylic acids is 2. The van der Waals surface area contributed by atoms with Crippen molar-refractivity contribution in [2.75, 3.05) is 10.6 Å². The normalized spacial score (nSPS) is 15.6. The van der Waals surface area contributed by atoms with Crippen LogP contribution in [0.5, 0.6) is 0 Å². The van der Waals surface area contributed by atoms with E-state index in [0.717, 1.165) is 17.7 Å². The number of nitrogens with two attached hydrogens (primary N) is 1. The molecule has 1 aromatic heterocycles. The van der Waals surface area contributed by atoms with E-state index in [-0.39, 0.29) is 16.7 Å². The summed E-state index contributed by atoms with van der Waals surface area (Å²) in [4.78, 5) is 30.8. The van der Waals surface area contributed by atoms with Crippen molar-refractivity contribution in [1.29, 1.82) is 0 Å². The number of primary sulfonamides is 1. The molecule has 2 aromatic carbocycles. The molecular weight excluding hydrogens is 472 g/mol. The Morgan fingerprint density at radius 3 is 2.41 bits per heavy atom. The Kier molecular flexibility index (Phi) is 6.29. The molecule has 0 unspecified atom stereocenters. The van der Waals surface area contributed by atoms with E-state index in [1.165, 1.54) is 35.6 Å². The van der Waals surface area contributed by atoms with Gasteiger partial charge < -0.3 is 5.32 Å². The van der Waals surface area contributed by atoms with Gasteiger partial charge in [-0.05, 0) is 67.8 Å². The van der Waals surface area contributed by atoms with Crippen LogP contribution in [0.1, 0.15) is 39.7 Å². The van der Waals surface area contributed by atoms with Gasteiger partial charge in [-0.2, -0.15) is 0 Å². The minimum Gasteiger partial charge on any atom is -0.326 e. The number of nitrogens with zero attached hydrogens (tertiary/aromatic N) is 1. The number of hydrogen-bond donors (Lipinski definition) is 3. The second-order valence-electron chi connectivity index (χ2n) is 7.29. The number of rotatable bonds is 5. The number of amides is 2. The summed E-state index contributed by atoms with van der Waals surface area (Å²) in [6, 6.07) is 12.2. The summed E-state index contributed by atoms with van der Waals surface area (Å²) in [5.41, 5.74) is 1.58. The highest BCUT2D eigenvalue weighted by atomic mass is 35.5. The van der Waals surface area contributed by atoms with Crippen LogP contribution in [0, 0.1) is 0 Å². The average molecular weight is 491 g/mol. The van der Waals surface area contributed by atoms with Crippen molar-refractivity contribution in [2.24, 2.45) is 5.14 Å². The number of carbonyl (C=O) groups is 2. The lowest BCUT2D eigenvalue weighted by atomic mass is 9.90. The third-order valence-electron chi connectivity index (χ3n) is 5.05. The molecule has 8 nitrogen and oxygen atoms in total. The van der Waals surface area contributed by atoms with Gasteiger partial charge in [0.2, 0.25) is 15.9 Å². The van der Waals surface area contributed by atoms with Crippen molar-refractivity contribution in [3.8, 4) is 0 Å². The minimum atomic E-state index is -3.80. The van der Waals surface area contributed by atoms with E-state index >= 15 is 0 Å². The lowest BCUT2D eigenvalue weighted by molar-refractivity contribution is -0.117. The van der Waals surface area contributed by atoms with Crippen LogP contribution >= 0.6 is 22.9 Å². The fraction of sp³-hybridized carbons (Fsp3) is 0.190. The molecule has 0 bridgehead atoms. The Hall–Kier alpha value is -2.79. The number of fused-ring (bicyclic) bond motifs is 1. The molecule has 0 fully saturated rings. The van der Waals surface area contributed by atoms with E-state index in [1.54, 1.807) is 24.3 Å². The topological polar surface area (TPSA) is 131 Å². The van der Waals surface area contributed by atoms with E-state index in [9.17, 15) is 18.0 Å². The zero-order valence-electron chi connectivity index (χ0n) is 16.7. The average Bonchev–Trinajstić information content (AvgIpc) is 3.16. The first-order valence-electron chi connectivity index (χ1n) is 9.71. The van der Waals surface area contributed by atoms with Gasteiger partial charge in [0, 0.05) is 21.2 Å². The first-order valence-corrected chi connectivity index (χ1v) is 12.4. The summed E-state index contributed by atoms with van der Waals surface area (Å²) in [6.45, 7) is 0. The van der Waals surface area contributed by atoms with Gasteiger partial charge in [-0.15, -0.1) is 11.3 Å². The Labute approximate surface area is 193 Å². The number of sulfonamides is 1. The van der Waals surface area contributed by atoms with Crippen molar-refractivity contribution < 1.29 is 18.0 Å². The molecular formula is C21H19ClN4O4S2. The van der Waals surface area contributed by atoms with Gasteiger partial charge in [-0.3, -0.25) is 14.9 Å². The van der Waals surface area contributed by atoms with Crippen molar-refractivity contribution in [1.82, 2.24) is 4.98 Å². The summed E-state index contributed by atoms with van der Waals surface area (Å²) in [5.74, 6) is -1.01. The number of nitrogens with one attached hydrogen (secondary N) is 2. The number of aryl methyl sites for hydroxylation is 1. The summed E-state index contributed by atoms with van der Waals surface area (Å²) in [5, 5.41) is 11.7. The maximum atomic E-state index is 12.9. The highest BCUT2D eigenvalue weighted by Gasteiger charge is 2.30. The van der Waals surface area contributed by atoms with Gasteiger partial charge in [-0.25, -0.2) is 18.5 Å². The van der Waals surface area contributed by atoms with Crippen molar-refractivity contribution in [3.05, 3.63) is 69.7 Å². The van der Waals surface area contributed by atoms with E-state index in [0.29, 0.717) is 33.5 Å². The summed E-state index contributed by atoms with van der Waals surface area (Å²) < 4.78 is 22.8. The summed E-state index contributed by atoms with van der Waals surface area (Å²) >= 11 is 7.23. The molecule has 4 rings (SSSR count). The zero-order valence-corrected chi connectivity index (χ0v) is 19.1. The van der Waals surface area contributed by atoms with Crippen LogP contribution < -0.4 is 15.8 Å². The Bertz CT molecular complexity index is 1270. The first-order chi connectivity index (χ1) is 15.2. The van der Waals surface area contributed by atoms with Crippen LogP contribution in [-0.2, 0) is 21.2 Å². The van der Waals surface area contributed by atoms with Gasteiger partial charge in [-0.1, -0.05) is 11.6 Å². The fourth-order valence-corrected chi connectivity index (χ4v) is 5.16. The lowest BCUT2D eigenvalue weighted by Crippen LogP contribution is -2.24. The second-order valence-corrected chi connectivity index (χ2v) is 10.4. The molecule has 166 valence electrons. The van der Waals surface area contributed by atoms with E-state index in [1.807, 2.05) is 0 Å². The smallest absolute Gasteiger partial charge is 0.257 e. The Morgan fingerprint density at radius 2 is 1.75 bits per heavy atom. The monoisotopic (exact) mass is 490 g/mol. The molecule has 0 aliphatic heterocycles. The van der Waals surface area contributed by atoms with Crippen LogP contribution in [0.3, 0.4) is 0 Å². The van der Waals surface area contributed by atoms with Crippen LogP contribution in [0.2, 0.25) is 5.02 Å². The van der Waals surface area contributed by atoms with Crippen molar-refractivity contribution in [2.45, 2.75) is 30.1 Å². The highest BCUT2D eigenvalue weighted by molar-refractivity contribution is 7.89. The van der Waals surface area contributed by atoms with Crippen molar-refractivity contribution >= 4 is 55.6 Å². The number of thiazole rings is 1. The predicted molar refractivity (Wildman–Crippen MR) is 124 cm³/mol. The number of hydrogen-bond acceptors (Lipinski definition) is 6. The molecule has 1 aliphatic rings. The maximum absolute atomic E-state index is 12.9. The molecule has 11 heteroatoms. The predicted octanol–water partition coefficient (Wildman–Crippen LogP) is 3.75. The number of aromatic nitrogens is 1. The molecule has 1 atom stereocenters. The number of benzene rings is 2. The van der Waals surface area contributed by atoms with E-state index < -0.39 is 15.9 Å². The van der Waals surface area contributed by atoms with Crippen LogP contribution in [0.4, 0.5) is 10.8 Å². The molecule has 0 spiro atoms. The van der Waals surface area contributed by atoms with Crippen LogP contribution in [-0.4, -0.2) is 25.2 Å². The zero-order chi connectivity index (χ0) is 22.9. The van der Waals surface area contributed by atoms with Gasteiger partial charge >= 0.3 is 0 Å². The first kappa shape index (κ1) is 22.4. The molecule has 0 radical (unpaired) electrons. The molecule has 0 saturated carbocycles. The molecule has 32 heavy (non-hydrogen) atoms. The van der Waals surface area contributed by atoms with Crippen LogP contribution in [0.25, 0.3) is 0 Å². The molecule has 0 saturated heterocycles. The van der Waals surface area contributed by atoms with Crippen LogP contribution in [0.15, 0.2) is 53.4 Å². The molecule has 1 aliphatic carbocycles. The van der Waals surface area contributed by atoms with Gasteiger partial charge in [0.25, 0.3) is 5.91 Å². The summed E-state index contributed by atoms with van der Waals surface area (Å²) in [7, 11) is -3.80. The fourth-order valence-electron chi connectivity index (χ4n) is 3.45. The third-order valence-corrected chi connectivity index (χ3v) is 7.28. The minimum absolute atomic E-state index is 0.0315. The SMILES string of the molecule is NS(=O)(=O)c1ccc(NC(=O)[C@H]2CCCc3sc(NC(=O)c4ccc(Cl)cc4)nc32)cc1. The molecule has 3 aromatic rings. The van der Waals surface area contributed by atoms with E-state index in [2.05, 4.69) is 15.6 Å². The van der Waals surface area contributed by atoms with Crippen molar-refractivity contribution in [3.63, 3.8) is 0 Å². The largest absolute Gasteiger partial charge is 0.326 e. The molecule has 2 amide bonds. The standard InChI is InChI=1S/C21H19ClN4O4S2/c22-13-6-4-12(5-7-13)19(27)26-21-25-18-16(2-1-3-17(18)31-21)20(28)24-14-8-10-15(11-9-14)32(23,29)30/h4-11,16H,1-3H2,(H,24,28)(H2,23,29,30)(H,25,26,27)/t16-/m0/s1. The Balaban J connectivity index is 1.48.